The van der Waals surface area contributed by atoms with Crippen LogP contribution in [-0.2, 0) is 6.42 Å². The van der Waals surface area contributed by atoms with E-state index in [-0.39, 0.29) is 17.9 Å². The van der Waals surface area contributed by atoms with E-state index in [1.807, 2.05) is 6.92 Å². The second-order valence-corrected chi connectivity index (χ2v) is 5.96. The smallest absolute Gasteiger partial charge is 0.271 e. The van der Waals surface area contributed by atoms with Crippen molar-refractivity contribution < 1.29 is 9.90 Å². The molecule has 1 amide bonds. The van der Waals surface area contributed by atoms with E-state index in [4.69, 9.17) is 5.11 Å². The Morgan fingerprint density at radius 3 is 2.63 bits per heavy atom. The minimum atomic E-state index is -0.0458. The van der Waals surface area contributed by atoms with Crippen molar-refractivity contribution in [2.24, 2.45) is 5.41 Å². The number of carbonyl (C=O) groups excluding carboxylic acids is 1. The highest BCUT2D eigenvalue weighted by Crippen LogP contribution is 2.17. The van der Waals surface area contributed by atoms with Crippen LogP contribution in [0, 0.1) is 5.41 Å². The lowest BCUT2D eigenvalue weighted by atomic mass is 9.96. The van der Waals surface area contributed by atoms with Crippen LogP contribution in [0.3, 0.4) is 0 Å². The molecule has 0 fully saturated rings. The first kappa shape index (κ1) is 15.7. The van der Waals surface area contributed by atoms with E-state index in [2.05, 4.69) is 30.7 Å². The fourth-order valence-electron chi connectivity index (χ4n) is 1.91. The zero-order valence-corrected chi connectivity index (χ0v) is 12.4. The van der Waals surface area contributed by atoms with E-state index in [9.17, 15) is 4.79 Å². The van der Waals surface area contributed by atoms with Crippen LogP contribution in [0.1, 0.15) is 50.4 Å². The summed E-state index contributed by atoms with van der Waals surface area (Å²) in [6.45, 7) is 9.59. The molecular formula is C14H25N3O2. The molecule has 0 aliphatic carbocycles. The van der Waals surface area contributed by atoms with Crippen molar-refractivity contribution in [3.63, 3.8) is 0 Å². The summed E-state index contributed by atoms with van der Waals surface area (Å²) in [7, 11) is 0. The summed E-state index contributed by atoms with van der Waals surface area (Å²) >= 11 is 0. The predicted octanol–water partition coefficient (Wildman–Crippen LogP) is 1.84. The van der Waals surface area contributed by atoms with E-state index in [1.165, 1.54) is 0 Å². The third-order valence-corrected chi connectivity index (χ3v) is 2.73. The molecule has 0 unspecified atom stereocenters. The number of aliphatic hydroxyl groups excluding tert-OH is 1. The maximum absolute atomic E-state index is 12.4. The van der Waals surface area contributed by atoms with Gasteiger partial charge in [-0.2, -0.15) is 0 Å². The lowest BCUT2D eigenvalue weighted by molar-refractivity contribution is 0.0677. The van der Waals surface area contributed by atoms with Crippen molar-refractivity contribution in [1.29, 1.82) is 0 Å². The average Bonchev–Trinajstić information content (AvgIpc) is 2.80. The van der Waals surface area contributed by atoms with Gasteiger partial charge in [0.2, 0.25) is 0 Å². The molecule has 19 heavy (non-hydrogen) atoms. The number of rotatable bonds is 6. The zero-order valence-electron chi connectivity index (χ0n) is 12.4. The van der Waals surface area contributed by atoms with Gasteiger partial charge in [-0.3, -0.25) is 4.79 Å². The topological polar surface area (TPSA) is 69.2 Å². The lowest BCUT2D eigenvalue weighted by Gasteiger charge is -2.29. The van der Waals surface area contributed by atoms with Gasteiger partial charge in [-0.1, -0.05) is 27.7 Å². The van der Waals surface area contributed by atoms with Crippen molar-refractivity contribution >= 4 is 5.91 Å². The van der Waals surface area contributed by atoms with Gasteiger partial charge in [0.15, 0.2) is 0 Å². The van der Waals surface area contributed by atoms with E-state index in [0.29, 0.717) is 25.2 Å². The highest BCUT2D eigenvalue weighted by Gasteiger charge is 2.22. The van der Waals surface area contributed by atoms with Crippen LogP contribution in [0.4, 0.5) is 0 Å². The van der Waals surface area contributed by atoms with Gasteiger partial charge in [0, 0.05) is 26.1 Å². The van der Waals surface area contributed by atoms with E-state index in [1.54, 1.807) is 11.1 Å². The summed E-state index contributed by atoms with van der Waals surface area (Å²) in [5.41, 5.74) is 0.553. The lowest BCUT2D eigenvalue weighted by Crippen LogP contribution is -2.39. The molecule has 0 aliphatic heterocycles. The minimum Gasteiger partial charge on any atom is -0.396 e. The molecule has 0 radical (unpaired) electrons. The number of H-pyrrole nitrogens is 1. The summed E-state index contributed by atoms with van der Waals surface area (Å²) in [6.07, 6.45) is 2.97. The summed E-state index contributed by atoms with van der Waals surface area (Å²) in [5.74, 6) is 0.775. The number of hydrogen-bond donors (Lipinski definition) is 2. The molecule has 5 heteroatoms. The molecule has 0 aromatic carbocycles. The third kappa shape index (κ3) is 5.03. The summed E-state index contributed by atoms with van der Waals surface area (Å²) in [6, 6.07) is 0. The first-order chi connectivity index (χ1) is 8.87. The zero-order chi connectivity index (χ0) is 14.5. The molecule has 0 bridgehead atoms. The second kappa shape index (κ2) is 6.70. The largest absolute Gasteiger partial charge is 0.396 e. The Hall–Kier alpha value is -1.36. The van der Waals surface area contributed by atoms with Crippen LogP contribution in [0.5, 0.6) is 0 Å². The number of aryl methyl sites for hydroxylation is 1. The molecule has 108 valence electrons. The molecule has 0 saturated carbocycles. The molecule has 1 rings (SSSR count). The van der Waals surface area contributed by atoms with Gasteiger partial charge in [0.1, 0.15) is 11.5 Å². The summed E-state index contributed by atoms with van der Waals surface area (Å²) in [5, 5.41) is 8.95. The van der Waals surface area contributed by atoms with Gasteiger partial charge >= 0.3 is 0 Å². The van der Waals surface area contributed by atoms with Crippen molar-refractivity contribution in [3.8, 4) is 0 Å². The molecule has 5 nitrogen and oxygen atoms in total. The number of nitrogens with zero attached hydrogens (tertiary/aromatic N) is 2. The van der Waals surface area contributed by atoms with Gasteiger partial charge < -0.3 is 15.0 Å². The van der Waals surface area contributed by atoms with E-state index < -0.39 is 0 Å². The van der Waals surface area contributed by atoms with Gasteiger partial charge in [0.25, 0.3) is 5.91 Å². The normalized spacial score (nSPS) is 11.6. The molecule has 2 N–H and O–H groups in total. The molecule has 1 heterocycles. The average molecular weight is 267 g/mol. The Morgan fingerprint density at radius 1 is 1.47 bits per heavy atom. The quantitative estimate of drug-likeness (QED) is 0.826. The highest BCUT2D eigenvalue weighted by molar-refractivity contribution is 5.92. The standard InChI is InChI=1S/C14H25N3O2/c1-5-12-15-9-11(16-12)13(19)17(7-6-8-18)10-14(2,3)4/h9,18H,5-8,10H2,1-4H3,(H,15,16). The van der Waals surface area contributed by atoms with Crippen LogP contribution < -0.4 is 0 Å². The molecule has 0 atom stereocenters. The molecule has 0 aliphatic rings. The predicted molar refractivity (Wildman–Crippen MR) is 75.0 cm³/mol. The monoisotopic (exact) mass is 267 g/mol. The number of aliphatic hydroxyl groups is 1. The van der Waals surface area contributed by atoms with Crippen LogP contribution in [0.25, 0.3) is 0 Å². The molecule has 1 aromatic rings. The number of nitrogens with one attached hydrogen (secondary N) is 1. The molecule has 0 saturated heterocycles. The fraction of sp³-hybridized carbons (Fsp3) is 0.714. The Bertz CT molecular complexity index is 407. The molecule has 1 aromatic heterocycles. The van der Waals surface area contributed by atoms with Gasteiger partial charge in [-0.25, -0.2) is 4.98 Å². The number of aromatic amines is 1. The Balaban J connectivity index is 2.80. The third-order valence-electron chi connectivity index (χ3n) is 2.73. The highest BCUT2D eigenvalue weighted by atomic mass is 16.3. The summed E-state index contributed by atoms with van der Waals surface area (Å²) < 4.78 is 0. The first-order valence-corrected chi connectivity index (χ1v) is 6.81. The maximum atomic E-state index is 12.4. The number of amides is 1. The number of aromatic nitrogens is 2. The number of carbonyl (C=O) groups is 1. The first-order valence-electron chi connectivity index (χ1n) is 6.81. The summed E-state index contributed by atoms with van der Waals surface area (Å²) in [4.78, 5) is 21.4. The van der Waals surface area contributed by atoms with Crippen molar-refractivity contribution in [1.82, 2.24) is 14.9 Å². The molecular weight excluding hydrogens is 242 g/mol. The Kier molecular flexibility index (Phi) is 5.54. The van der Waals surface area contributed by atoms with Crippen molar-refractivity contribution in [2.45, 2.75) is 40.5 Å². The van der Waals surface area contributed by atoms with Crippen LogP contribution in [0.2, 0.25) is 0 Å². The van der Waals surface area contributed by atoms with Gasteiger partial charge in [-0.15, -0.1) is 0 Å². The second-order valence-electron chi connectivity index (χ2n) is 5.96. The van der Waals surface area contributed by atoms with E-state index in [0.717, 1.165) is 12.2 Å². The molecule has 0 spiro atoms. The van der Waals surface area contributed by atoms with Crippen molar-refractivity contribution in [3.05, 3.63) is 17.7 Å². The number of hydrogen-bond acceptors (Lipinski definition) is 3. The fourth-order valence-corrected chi connectivity index (χ4v) is 1.91. The van der Waals surface area contributed by atoms with Crippen molar-refractivity contribution in [2.75, 3.05) is 19.7 Å². The van der Waals surface area contributed by atoms with E-state index >= 15 is 0 Å². The van der Waals surface area contributed by atoms with Gasteiger partial charge in [-0.05, 0) is 11.8 Å². The Labute approximate surface area is 115 Å². The van der Waals surface area contributed by atoms with Crippen LogP contribution in [0.15, 0.2) is 6.20 Å². The van der Waals surface area contributed by atoms with Crippen LogP contribution in [-0.4, -0.2) is 45.6 Å². The van der Waals surface area contributed by atoms with Crippen LogP contribution >= 0.6 is 0 Å². The Morgan fingerprint density at radius 2 is 2.16 bits per heavy atom. The number of imidazole rings is 1. The maximum Gasteiger partial charge on any atom is 0.271 e. The minimum absolute atomic E-state index is 0.0265. The van der Waals surface area contributed by atoms with Gasteiger partial charge in [0.05, 0.1) is 6.20 Å². The SMILES string of the molecule is CCc1ncc(C(=O)N(CCCO)CC(C)(C)C)[nH]1.